The fourth-order valence-corrected chi connectivity index (χ4v) is 4.44. The number of hydrogen-bond acceptors (Lipinski definition) is 3. The molecule has 3 aromatic rings. The predicted octanol–water partition coefficient (Wildman–Crippen LogP) is 6.99. The Morgan fingerprint density at radius 3 is 1.92 bits per heavy atom. The quantitative estimate of drug-likeness (QED) is 0.537. The summed E-state index contributed by atoms with van der Waals surface area (Å²) in [6, 6.07) is 24.6. The van der Waals surface area contributed by atoms with E-state index >= 15 is 0 Å². The first-order valence-corrected chi connectivity index (χ1v) is 9.90. The molecule has 3 rings (SSSR count). The zero-order valence-corrected chi connectivity index (χ0v) is 16.3. The SMILES string of the molecule is CC(C)(C)c1ccc(O)c(Sc2ccccc2Sc2ccccc2)c1. The second-order valence-corrected chi connectivity index (χ2v) is 9.10. The Morgan fingerprint density at radius 1 is 0.680 bits per heavy atom. The molecule has 0 atom stereocenters. The summed E-state index contributed by atoms with van der Waals surface area (Å²) in [4.78, 5) is 4.45. The minimum absolute atomic E-state index is 0.0569. The van der Waals surface area contributed by atoms with Gasteiger partial charge in [0.15, 0.2) is 0 Å². The molecule has 0 aromatic heterocycles. The molecule has 3 heteroatoms. The molecule has 0 aliphatic heterocycles. The van der Waals surface area contributed by atoms with Gasteiger partial charge in [0, 0.05) is 14.7 Å². The number of benzene rings is 3. The first-order valence-electron chi connectivity index (χ1n) is 8.27. The molecular formula is C22H22OS2. The van der Waals surface area contributed by atoms with Crippen LogP contribution in [0.15, 0.2) is 92.4 Å². The maximum absolute atomic E-state index is 10.3. The van der Waals surface area contributed by atoms with Crippen LogP contribution in [0.5, 0.6) is 5.75 Å². The van der Waals surface area contributed by atoms with Crippen molar-refractivity contribution in [3.05, 3.63) is 78.4 Å². The van der Waals surface area contributed by atoms with Crippen molar-refractivity contribution < 1.29 is 5.11 Å². The summed E-state index contributed by atoms with van der Waals surface area (Å²) in [6.07, 6.45) is 0. The van der Waals surface area contributed by atoms with Crippen LogP contribution in [-0.2, 0) is 5.41 Å². The molecular weight excluding hydrogens is 344 g/mol. The summed E-state index contributed by atoms with van der Waals surface area (Å²) < 4.78 is 0. The summed E-state index contributed by atoms with van der Waals surface area (Å²) in [6.45, 7) is 6.56. The van der Waals surface area contributed by atoms with Crippen LogP contribution in [0.3, 0.4) is 0 Å². The van der Waals surface area contributed by atoms with Gasteiger partial charge in [0.2, 0.25) is 0 Å². The van der Waals surface area contributed by atoms with E-state index in [0.717, 1.165) is 9.79 Å². The van der Waals surface area contributed by atoms with E-state index in [4.69, 9.17) is 0 Å². The number of aromatic hydroxyl groups is 1. The van der Waals surface area contributed by atoms with Crippen LogP contribution >= 0.6 is 23.5 Å². The van der Waals surface area contributed by atoms with Gasteiger partial charge in [0.1, 0.15) is 5.75 Å². The van der Waals surface area contributed by atoms with Crippen LogP contribution in [0.2, 0.25) is 0 Å². The largest absolute Gasteiger partial charge is 0.507 e. The Morgan fingerprint density at radius 2 is 1.28 bits per heavy atom. The summed E-state index contributed by atoms with van der Waals surface area (Å²) in [7, 11) is 0. The predicted molar refractivity (Wildman–Crippen MR) is 108 cm³/mol. The van der Waals surface area contributed by atoms with Gasteiger partial charge in [-0.15, -0.1) is 0 Å². The van der Waals surface area contributed by atoms with Gasteiger partial charge in [0.05, 0.1) is 4.90 Å². The summed E-state index contributed by atoms with van der Waals surface area (Å²) in [5, 5.41) is 10.3. The number of phenolic OH excluding ortho intramolecular Hbond substituents is 1. The third-order valence-corrected chi connectivity index (χ3v) is 6.20. The van der Waals surface area contributed by atoms with Crippen molar-refractivity contribution in [1.82, 2.24) is 0 Å². The Labute approximate surface area is 158 Å². The van der Waals surface area contributed by atoms with Crippen molar-refractivity contribution in [2.24, 2.45) is 0 Å². The lowest BCUT2D eigenvalue weighted by Gasteiger charge is -2.20. The summed E-state index contributed by atoms with van der Waals surface area (Å²) >= 11 is 3.37. The minimum Gasteiger partial charge on any atom is -0.507 e. The molecule has 0 bridgehead atoms. The van der Waals surface area contributed by atoms with Gasteiger partial charge in [-0.2, -0.15) is 0 Å². The lowest BCUT2D eigenvalue weighted by molar-refractivity contribution is 0.460. The second kappa shape index (κ2) is 7.59. The van der Waals surface area contributed by atoms with Gasteiger partial charge in [0.25, 0.3) is 0 Å². The van der Waals surface area contributed by atoms with Crippen LogP contribution in [0.4, 0.5) is 0 Å². The highest BCUT2D eigenvalue weighted by Gasteiger charge is 2.16. The van der Waals surface area contributed by atoms with E-state index in [9.17, 15) is 5.11 Å². The minimum atomic E-state index is 0.0569. The van der Waals surface area contributed by atoms with Gasteiger partial charge >= 0.3 is 0 Å². The molecule has 0 saturated heterocycles. The second-order valence-electron chi connectivity index (χ2n) is 6.90. The highest BCUT2D eigenvalue weighted by Crippen LogP contribution is 2.42. The van der Waals surface area contributed by atoms with Crippen molar-refractivity contribution in [1.29, 1.82) is 0 Å². The van der Waals surface area contributed by atoms with E-state index in [1.807, 2.05) is 18.2 Å². The number of rotatable bonds is 4. The monoisotopic (exact) mass is 366 g/mol. The van der Waals surface area contributed by atoms with Crippen LogP contribution in [0.1, 0.15) is 26.3 Å². The topological polar surface area (TPSA) is 20.2 Å². The van der Waals surface area contributed by atoms with Crippen molar-refractivity contribution in [2.75, 3.05) is 0 Å². The third-order valence-electron chi connectivity index (χ3n) is 3.87. The molecule has 3 aromatic carbocycles. The molecule has 0 aliphatic rings. The van der Waals surface area contributed by atoms with Crippen molar-refractivity contribution in [3.8, 4) is 5.75 Å². The Bertz CT molecular complexity index is 851. The lowest BCUT2D eigenvalue weighted by Crippen LogP contribution is -2.10. The van der Waals surface area contributed by atoms with Gasteiger partial charge in [-0.3, -0.25) is 0 Å². The highest BCUT2D eigenvalue weighted by molar-refractivity contribution is 8.02. The lowest BCUT2D eigenvalue weighted by atomic mass is 9.87. The van der Waals surface area contributed by atoms with Gasteiger partial charge in [-0.25, -0.2) is 0 Å². The van der Waals surface area contributed by atoms with Crippen LogP contribution in [0.25, 0.3) is 0 Å². The molecule has 0 aliphatic carbocycles. The fraction of sp³-hybridized carbons (Fsp3) is 0.182. The van der Waals surface area contributed by atoms with Gasteiger partial charge in [-0.1, -0.05) is 80.7 Å². The van der Waals surface area contributed by atoms with Crippen molar-refractivity contribution in [2.45, 2.75) is 45.8 Å². The fourth-order valence-electron chi connectivity index (χ4n) is 2.42. The van der Waals surface area contributed by atoms with E-state index in [0.29, 0.717) is 5.75 Å². The Balaban J connectivity index is 1.91. The normalized spacial score (nSPS) is 11.5. The molecule has 0 radical (unpaired) electrons. The average Bonchev–Trinajstić information content (AvgIpc) is 2.58. The molecule has 0 heterocycles. The Hall–Kier alpha value is -1.84. The van der Waals surface area contributed by atoms with Gasteiger partial charge in [-0.05, 0) is 47.4 Å². The number of hydrogen-bond donors (Lipinski definition) is 1. The van der Waals surface area contributed by atoms with Gasteiger partial charge < -0.3 is 5.11 Å². The van der Waals surface area contributed by atoms with Crippen LogP contribution < -0.4 is 0 Å². The molecule has 0 amide bonds. The zero-order valence-electron chi connectivity index (χ0n) is 14.7. The van der Waals surface area contributed by atoms with E-state index in [1.54, 1.807) is 29.6 Å². The number of phenols is 1. The van der Waals surface area contributed by atoms with Crippen molar-refractivity contribution in [3.63, 3.8) is 0 Å². The van der Waals surface area contributed by atoms with Crippen LogP contribution in [0, 0.1) is 0 Å². The van der Waals surface area contributed by atoms with E-state index in [1.165, 1.54) is 15.4 Å². The maximum Gasteiger partial charge on any atom is 0.129 e. The highest BCUT2D eigenvalue weighted by atomic mass is 32.2. The van der Waals surface area contributed by atoms with E-state index in [-0.39, 0.29) is 5.41 Å². The smallest absolute Gasteiger partial charge is 0.129 e. The van der Waals surface area contributed by atoms with Crippen molar-refractivity contribution >= 4 is 23.5 Å². The molecule has 25 heavy (non-hydrogen) atoms. The first kappa shape index (κ1) is 18.0. The Kier molecular flexibility index (Phi) is 5.45. The average molecular weight is 367 g/mol. The zero-order chi connectivity index (χ0) is 17.9. The summed E-state index contributed by atoms with van der Waals surface area (Å²) in [5.41, 5.74) is 1.28. The standard InChI is InChI=1S/C22H22OS2/c1-22(2,3)16-13-14-18(23)21(15-16)25-20-12-8-7-11-19(20)24-17-9-5-4-6-10-17/h4-15,23H,1-3H3. The molecule has 128 valence electrons. The maximum atomic E-state index is 10.3. The molecule has 1 nitrogen and oxygen atoms in total. The van der Waals surface area contributed by atoms with E-state index < -0.39 is 0 Å². The molecule has 0 saturated carbocycles. The summed E-state index contributed by atoms with van der Waals surface area (Å²) in [5.74, 6) is 0.331. The van der Waals surface area contributed by atoms with Crippen LogP contribution in [-0.4, -0.2) is 5.11 Å². The molecule has 0 unspecified atom stereocenters. The molecule has 0 spiro atoms. The first-order chi connectivity index (χ1) is 11.9. The molecule has 0 fully saturated rings. The third kappa shape index (κ3) is 4.62. The molecule has 1 N–H and O–H groups in total. The van der Waals surface area contributed by atoms with E-state index in [2.05, 4.69) is 69.3 Å².